The summed E-state index contributed by atoms with van der Waals surface area (Å²) in [6.45, 7) is 3.07. The van der Waals surface area contributed by atoms with Gasteiger partial charge in [-0.15, -0.1) is 0 Å². The lowest BCUT2D eigenvalue weighted by Crippen LogP contribution is -2.72. The van der Waals surface area contributed by atoms with Gasteiger partial charge in [0.15, 0.2) is 6.54 Å². The molecule has 0 bridgehead atoms. The quantitative estimate of drug-likeness (QED) is 0.881. The number of guanidine groups is 1. The van der Waals surface area contributed by atoms with Crippen LogP contribution in [-0.4, -0.2) is 29.9 Å². The molecule has 0 saturated carbocycles. The van der Waals surface area contributed by atoms with Gasteiger partial charge in [-0.25, -0.2) is 5.32 Å². The van der Waals surface area contributed by atoms with Crippen molar-refractivity contribution in [1.82, 2.24) is 4.90 Å². The van der Waals surface area contributed by atoms with Crippen molar-refractivity contribution in [2.24, 2.45) is 0 Å². The Bertz CT molecular complexity index is 694. The molecule has 0 atom stereocenters. The van der Waals surface area contributed by atoms with Gasteiger partial charge in [-0.1, -0.05) is 42.5 Å². The van der Waals surface area contributed by atoms with E-state index in [1.165, 1.54) is 11.1 Å². The van der Waals surface area contributed by atoms with Gasteiger partial charge < -0.3 is 0 Å². The molecule has 0 aromatic heterocycles. The fourth-order valence-corrected chi connectivity index (χ4v) is 2.57. The molecular formula is C18H20N3O+. The molecule has 0 radical (unpaired) electrons. The number of amides is 1. The van der Waals surface area contributed by atoms with Crippen LogP contribution in [0.25, 0.3) is 0 Å². The van der Waals surface area contributed by atoms with E-state index in [-0.39, 0.29) is 5.91 Å². The largest absolute Gasteiger partial charge is 0.358 e. The van der Waals surface area contributed by atoms with Crippen LogP contribution in [0.5, 0.6) is 0 Å². The Balaban J connectivity index is 1.67. The third-order valence-electron chi connectivity index (χ3n) is 3.73. The van der Waals surface area contributed by atoms with Crippen LogP contribution in [0, 0.1) is 6.92 Å². The van der Waals surface area contributed by atoms with Crippen molar-refractivity contribution in [2.45, 2.75) is 13.3 Å². The number of hydrogen-bond acceptors (Lipinski definition) is 2. The smallest absolute Gasteiger partial charge is 0.266 e. The first-order valence-electron chi connectivity index (χ1n) is 7.51. The van der Waals surface area contributed by atoms with E-state index in [0.29, 0.717) is 13.1 Å². The lowest BCUT2D eigenvalue weighted by Gasteiger charge is -2.12. The maximum Gasteiger partial charge on any atom is 0.358 e. The van der Waals surface area contributed by atoms with Crippen molar-refractivity contribution in [3.8, 4) is 0 Å². The van der Waals surface area contributed by atoms with E-state index >= 15 is 0 Å². The first-order chi connectivity index (χ1) is 10.7. The molecule has 4 heteroatoms. The molecule has 3 rings (SSSR count). The van der Waals surface area contributed by atoms with Gasteiger partial charge in [0.05, 0.1) is 12.2 Å². The summed E-state index contributed by atoms with van der Waals surface area (Å²) in [5.41, 5.74) is 3.41. The zero-order valence-electron chi connectivity index (χ0n) is 12.7. The van der Waals surface area contributed by atoms with Crippen molar-refractivity contribution in [3.63, 3.8) is 0 Å². The van der Waals surface area contributed by atoms with Crippen molar-refractivity contribution in [2.75, 3.05) is 18.4 Å². The maximum absolute atomic E-state index is 12.1. The van der Waals surface area contributed by atoms with Crippen LogP contribution in [0.15, 0.2) is 54.6 Å². The summed E-state index contributed by atoms with van der Waals surface area (Å²) < 4.78 is 0. The van der Waals surface area contributed by atoms with Gasteiger partial charge in [0.2, 0.25) is 0 Å². The van der Waals surface area contributed by atoms with Crippen molar-refractivity contribution in [3.05, 3.63) is 65.7 Å². The molecule has 1 aliphatic rings. The van der Waals surface area contributed by atoms with E-state index in [1.807, 2.05) is 30.3 Å². The number of aryl methyl sites for hydroxylation is 1. The van der Waals surface area contributed by atoms with E-state index in [9.17, 15) is 4.79 Å². The molecule has 2 aromatic carbocycles. The summed E-state index contributed by atoms with van der Waals surface area (Å²) in [5, 5.41) is 3.31. The van der Waals surface area contributed by atoms with Gasteiger partial charge in [0.25, 0.3) is 0 Å². The highest BCUT2D eigenvalue weighted by Gasteiger charge is 2.32. The van der Waals surface area contributed by atoms with Crippen LogP contribution in [0.2, 0.25) is 0 Å². The number of hydrogen-bond donors (Lipinski definition) is 2. The molecule has 1 amide bonds. The summed E-state index contributed by atoms with van der Waals surface area (Å²) >= 11 is 0. The Morgan fingerprint density at radius 1 is 1.14 bits per heavy atom. The maximum atomic E-state index is 12.1. The highest BCUT2D eigenvalue weighted by molar-refractivity contribution is 6.04. The summed E-state index contributed by atoms with van der Waals surface area (Å²) in [6, 6.07) is 18.3. The second-order valence-electron chi connectivity index (χ2n) is 5.48. The van der Waals surface area contributed by atoms with Gasteiger partial charge in [-0.05, 0) is 30.2 Å². The van der Waals surface area contributed by atoms with Crippen LogP contribution < -0.4 is 10.3 Å². The summed E-state index contributed by atoms with van der Waals surface area (Å²) in [4.78, 5) is 17.0. The monoisotopic (exact) mass is 294 g/mol. The average molecular weight is 294 g/mol. The average Bonchev–Trinajstić information content (AvgIpc) is 2.86. The molecule has 1 heterocycles. The number of carbonyl (C=O) groups is 1. The molecule has 1 aliphatic heterocycles. The zero-order chi connectivity index (χ0) is 15.4. The number of benzene rings is 2. The minimum Gasteiger partial charge on any atom is -0.266 e. The topological polar surface area (TPSA) is 46.3 Å². The van der Waals surface area contributed by atoms with E-state index in [0.717, 1.165) is 18.1 Å². The Kier molecular flexibility index (Phi) is 4.19. The predicted molar refractivity (Wildman–Crippen MR) is 87.5 cm³/mol. The summed E-state index contributed by atoms with van der Waals surface area (Å²) in [7, 11) is 0. The lowest BCUT2D eigenvalue weighted by atomic mass is 10.1. The Labute approximate surface area is 130 Å². The van der Waals surface area contributed by atoms with E-state index in [2.05, 4.69) is 41.5 Å². The molecule has 22 heavy (non-hydrogen) atoms. The lowest BCUT2D eigenvalue weighted by molar-refractivity contribution is -0.438. The SMILES string of the molecule is Cc1cccc(NC2=[NH+]CC(=O)N2CCc2ccccc2)c1. The third kappa shape index (κ3) is 3.34. The van der Waals surface area contributed by atoms with E-state index in [4.69, 9.17) is 0 Å². The van der Waals surface area contributed by atoms with Crippen molar-refractivity contribution in [1.29, 1.82) is 0 Å². The Morgan fingerprint density at radius 2 is 1.95 bits per heavy atom. The number of carbonyl (C=O) groups excluding carboxylic acids is 1. The molecule has 112 valence electrons. The molecule has 0 unspecified atom stereocenters. The Hall–Kier alpha value is -2.62. The number of anilines is 1. The van der Waals surface area contributed by atoms with E-state index in [1.54, 1.807) is 4.90 Å². The van der Waals surface area contributed by atoms with Gasteiger partial charge in [-0.2, -0.15) is 4.90 Å². The van der Waals surface area contributed by atoms with Gasteiger partial charge in [0, 0.05) is 6.42 Å². The molecule has 2 N–H and O–H groups in total. The highest BCUT2D eigenvalue weighted by Crippen LogP contribution is 2.10. The normalized spacial score (nSPS) is 14.1. The number of rotatable bonds is 4. The van der Waals surface area contributed by atoms with Crippen molar-refractivity contribution < 1.29 is 9.79 Å². The summed E-state index contributed by atoms with van der Waals surface area (Å²) in [6.07, 6.45) is 0.841. The molecule has 0 spiro atoms. The van der Waals surface area contributed by atoms with Gasteiger partial charge >= 0.3 is 11.9 Å². The van der Waals surface area contributed by atoms with Crippen LogP contribution in [0.3, 0.4) is 0 Å². The van der Waals surface area contributed by atoms with Crippen LogP contribution in [-0.2, 0) is 11.2 Å². The summed E-state index contributed by atoms with van der Waals surface area (Å²) in [5.74, 6) is 0.873. The van der Waals surface area contributed by atoms with Crippen LogP contribution >= 0.6 is 0 Å². The second-order valence-corrected chi connectivity index (χ2v) is 5.48. The molecule has 0 fully saturated rings. The standard InChI is InChI=1S/C18H19N3O/c1-14-6-5-9-16(12-14)20-18-19-13-17(22)21(18)11-10-15-7-3-2-4-8-15/h2-9,12H,10-11,13H2,1H3,(H,19,20)/p+1. The molecule has 4 nitrogen and oxygen atoms in total. The van der Waals surface area contributed by atoms with Crippen molar-refractivity contribution >= 4 is 17.6 Å². The Morgan fingerprint density at radius 3 is 2.73 bits per heavy atom. The first kappa shape index (κ1) is 14.3. The molecular weight excluding hydrogens is 274 g/mol. The molecule has 2 aromatic rings. The third-order valence-corrected chi connectivity index (χ3v) is 3.73. The first-order valence-corrected chi connectivity index (χ1v) is 7.51. The minimum absolute atomic E-state index is 0.103. The van der Waals surface area contributed by atoms with Gasteiger partial charge in [0.1, 0.15) is 0 Å². The fraction of sp³-hybridized carbons (Fsp3) is 0.222. The predicted octanol–water partition coefficient (Wildman–Crippen LogP) is 0.928. The fourth-order valence-electron chi connectivity index (χ4n) is 2.57. The van der Waals surface area contributed by atoms with Crippen LogP contribution in [0.4, 0.5) is 5.69 Å². The molecule has 0 aliphatic carbocycles. The van der Waals surface area contributed by atoms with Crippen LogP contribution in [0.1, 0.15) is 11.1 Å². The minimum atomic E-state index is 0.103. The highest BCUT2D eigenvalue weighted by atomic mass is 16.2. The molecule has 0 saturated heterocycles. The number of nitrogens with zero attached hydrogens (tertiary/aromatic N) is 1. The van der Waals surface area contributed by atoms with E-state index < -0.39 is 0 Å². The number of nitrogens with one attached hydrogen (secondary N) is 2. The second kappa shape index (κ2) is 6.43. The van der Waals surface area contributed by atoms with Gasteiger partial charge in [-0.3, -0.25) is 9.79 Å². The zero-order valence-corrected chi connectivity index (χ0v) is 12.7.